The van der Waals surface area contributed by atoms with Gasteiger partial charge in [-0.05, 0) is 101 Å². The molecule has 1 amide bonds. The first-order valence-electron chi connectivity index (χ1n) is 11.6. The molecule has 3 aromatic carbocycles. The number of esters is 1. The van der Waals surface area contributed by atoms with Gasteiger partial charge in [0.15, 0.2) is 5.17 Å². The maximum atomic E-state index is 13.1. The number of benzene rings is 3. The number of thioether (sulfide) groups is 1. The van der Waals surface area contributed by atoms with Crippen LogP contribution in [0, 0.1) is 0 Å². The number of carbonyl (C=O) groups is 2. The van der Waals surface area contributed by atoms with E-state index in [1.807, 2.05) is 55.5 Å². The lowest BCUT2D eigenvalue weighted by Crippen LogP contribution is -2.28. The molecule has 3 aromatic rings. The van der Waals surface area contributed by atoms with Crippen LogP contribution >= 0.6 is 39.3 Å². The van der Waals surface area contributed by atoms with Crippen LogP contribution < -0.4 is 4.74 Å². The van der Waals surface area contributed by atoms with Crippen molar-refractivity contribution in [2.75, 3.05) is 13.2 Å². The van der Waals surface area contributed by atoms with Crippen molar-refractivity contribution in [2.24, 2.45) is 4.99 Å². The number of hydrogen-bond acceptors (Lipinski definition) is 6. The first-order chi connectivity index (χ1) is 17.9. The Hall–Kier alpha value is -3.07. The fraction of sp³-hybridized carbons (Fsp3) is 0.179. The van der Waals surface area contributed by atoms with Crippen molar-refractivity contribution < 1.29 is 19.1 Å². The van der Waals surface area contributed by atoms with Gasteiger partial charge in [-0.15, -0.1) is 0 Å². The molecule has 0 spiro atoms. The first-order valence-corrected chi connectivity index (χ1v) is 13.6. The minimum atomic E-state index is -0.404. The molecule has 1 heterocycles. The summed E-state index contributed by atoms with van der Waals surface area (Å²) < 4.78 is 11.8. The molecule has 4 rings (SSSR count). The van der Waals surface area contributed by atoms with E-state index in [4.69, 9.17) is 21.1 Å². The van der Waals surface area contributed by atoms with E-state index < -0.39 is 5.97 Å². The van der Waals surface area contributed by atoms with E-state index >= 15 is 0 Å². The van der Waals surface area contributed by atoms with Crippen molar-refractivity contribution in [1.82, 2.24) is 4.90 Å². The fourth-order valence-corrected chi connectivity index (χ4v) is 5.21. The van der Waals surface area contributed by atoms with Gasteiger partial charge in [-0.1, -0.05) is 35.9 Å². The predicted molar refractivity (Wildman–Crippen MR) is 152 cm³/mol. The Morgan fingerprint density at radius 1 is 1.11 bits per heavy atom. The highest BCUT2D eigenvalue weighted by atomic mass is 79.9. The molecule has 0 unspecified atom stereocenters. The van der Waals surface area contributed by atoms with Crippen LogP contribution in [-0.4, -0.2) is 35.1 Å². The highest BCUT2D eigenvalue weighted by molar-refractivity contribution is 9.10. The standard InChI is InChI=1S/C28H24BrClN2O4S/c1-3-32-26(33)25(37-28(32)31-22-7-5-6-20(16-22)27(34)35-4-2)15-19-10-13-24(23(29)14-19)36-17-18-8-11-21(30)12-9-18/h5-16H,3-4,17H2,1-2H3. The zero-order chi connectivity index (χ0) is 26.4. The maximum absolute atomic E-state index is 13.1. The average molecular weight is 600 g/mol. The summed E-state index contributed by atoms with van der Waals surface area (Å²) >= 11 is 10.8. The lowest BCUT2D eigenvalue weighted by atomic mass is 10.2. The molecule has 9 heteroatoms. The zero-order valence-corrected chi connectivity index (χ0v) is 23.4. The molecule has 0 radical (unpaired) electrons. The van der Waals surface area contributed by atoms with Gasteiger partial charge < -0.3 is 9.47 Å². The first kappa shape index (κ1) is 27.0. The van der Waals surface area contributed by atoms with Crippen LogP contribution in [-0.2, 0) is 16.1 Å². The van der Waals surface area contributed by atoms with Gasteiger partial charge >= 0.3 is 5.97 Å². The third-order valence-electron chi connectivity index (χ3n) is 5.35. The summed E-state index contributed by atoms with van der Waals surface area (Å²) in [5.74, 6) is 0.173. The smallest absolute Gasteiger partial charge is 0.338 e. The molecular weight excluding hydrogens is 576 g/mol. The molecule has 1 aliphatic rings. The Morgan fingerprint density at radius 2 is 1.89 bits per heavy atom. The van der Waals surface area contributed by atoms with Crippen LogP contribution in [0.2, 0.25) is 5.02 Å². The number of nitrogens with zero attached hydrogens (tertiary/aromatic N) is 2. The highest BCUT2D eigenvalue weighted by Crippen LogP contribution is 2.35. The molecule has 0 atom stereocenters. The third-order valence-corrected chi connectivity index (χ3v) is 7.23. The Kier molecular flexibility index (Phi) is 9.08. The van der Waals surface area contributed by atoms with E-state index in [0.717, 1.165) is 15.6 Å². The molecule has 1 aliphatic heterocycles. The van der Waals surface area contributed by atoms with Crippen LogP contribution in [0.15, 0.2) is 81.1 Å². The molecule has 1 fully saturated rings. The van der Waals surface area contributed by atoms with E-state index in [1.165, 1.54) is 11.8 Å². The molecule has 37 heavy (non-hydrogen) atoms. The summed E-state index contributed by atoms with van der Waals surface area (Å²) in [6, 6.07) is 20.0. The van der Waals surface area contributed by atoms with E-state index in [9.17, 15) is 9.59 Å². The number of carbonyl (C=O) groups excluding carboxylic acids is 2. The Morgan fingerprint density at radius 3 is 2.59 bits per heavy atom. The van der Waals surface area contributed by atoms with Crippen molar-refractivity contribution in [3.8, 4) is 5.75 Å². The number of ether oxygens (including phenoxy) is 2. The molecule has 1 saturated heterocycles. The van der Waals surface area contributed by atoms with Gasteiger partial charge in [-0.2, -0.15) is 0 Å². The lowest BCUT2D eigenvalue weighted by molar-refractivity contribution is -0.122. The Labute approximate surface area is 233 Å². The van der Waals surface area contributed by atoms with E-state index in [0.29, 0.717) is 51.9 Å². The van der Waals surface area contributed by atoms with E-state index in [1.54, 1.807) is 36.1 Å². The minimum absolute atomic E-state index is 0.119. The van der Waals surface area contributed by atoms with Gasteiger partial charge in [0.25, 0.3) is 5.91 Å². The Balaban J connectivity index is 1.51. The van der Waals surface area contributed by atoms with Crippen molar-refractivity contribution >= 4 is 68.1 Å². The molecule has 0 aliphatic carbocycles. The number of rotatable bonds is 8. The van der Waals surface area contributed by atoms with Gasteiger partial charge in [0.1, 0.15) is 12.4 Å². The van der Waals surface area contributed by atoms with Crippen molar-refractivity contribution in [3.05, 3.63) is 97.8 Å². The monoisotopic (exact) mass is 598 g/mol. The number of likely N-dealkylation sites (N-methyl/N-ethyl adjacent to an activating group) is 1. The highest BCUT2D eigenvalue weighted by Gasteiger charge is 2.32. The van der Waals surface area contributed by atoms with Crippen LogP contribution in [0.4, 0.5) is 5.69 Å². The van der Waals surface area contributed by atoms with Gasteiger partial charge in [0.2, 0.25) is 0 Å². The SMILES string of the molecule is CCOC(=O)c1cccc(N=C2SC(=Cc3ccc(OCc4ccc(Cl)cc4)c(Br)c3)C(=O)N2CC)c1. The summed E-state index contributed by atoms with van der Waals surface area (Å²) in [6.45, 7) is 4.84. The molecule has 0 N–H and O–H groups in total. The molecule has 6 nitrogen and oxygen atoms in total. The van der Waals surface area contributed by atoms with Crippen LogP contribution in [0.1, 0.15) is 35.3 Å². The predicted octanol–water partition coefficient (Wildman–Crippen LogP) is 7.48. The second-order valence-corrected chi connectivity index (χ2v) is 10.2. The summed E-state index contributed by atoms with van der Waals surface area (Å²) in [7, 11) is 0. The molecule has 0 bridgehead atoms. The van der Waals surface area contributed by atoms with E-state index in [-0.39, 0.29) is 5.91 Å². The van der Waals surface area contributed by atoms with Gasteiger partial charge in [0.05, 0.1) is 27.2 Å². The summed E-state index contributed by atoms with van der Waals surface area (Å²) in [5, 5.41) is 1.24. The molecule has 190 valence electrons. The maximum Gasteiger partial charge on any atom is 0.338 e. The quantitative estimate of drug-likeness (QED) is 0.198. The number of amidine groups is 1. The topological polar surface area (TPSA) is 68.2 Å². The summed E-state index contributed by atoms with van der Waals surface area (Å²) in [5.41, 5.74) is 2.85. The van der Waals surface area contributed by atoms with E-state index in [2.05, 4.69) is 20.9 Å². The number of hydrogen-bond donors (Lipinski definition) is 0. The largest absolute Gasteiger partial charge is 0.488 e. The minimum Gasteiger partial charge on any atom is -0.488 e. The zero-order valence-electron chi connectivity index (χ0n) is 20.2. The lowest BCUT2D eigenvalue weighted by Gasteiger charge is -2.12. The van der Waals surface area contributed by atoms with Gasteiger partial charge in [0, 0.05) is 11.6 Å². The fourth-order valence-electron chi connectivity index (χ4n) is 3.51. The number of halogens is 2. The Bertz CT molecular complexity index is 1370. The van der Waals surface area contributed by atoms with Crippen molar-refractivity contribution in [2.45, 2.75) is 20.5 Å². The second kappa shape index (κ2) is 12.4. The van der Waals surface area contributed by atoms with Gasteiger partial charge in [-0.25, -0.2) is 9.79 Å². The second-order valence-electron chi connectivity index (χ2n) is 7.93. The third kappa shape index (κ3) is 6.83. The average Bonchev–Trinajstić information content (AvgIpc) is 3.18. The number of amides is 1. The molecule has 0 saturated carbocycles. The van der Waals surface area contributed by atoms with Gasteiger partial charge in [-0.3, -0.25) is 9.69 Å². The van der Waals surface area contributed by atoms with Crippen molar-refractivity contribution in [1.29, 1.82) is 0 Å². The number of aliphatic imine (C=N–C) groups is 1. The van der Waals surface area contributed by atoms with Crippen LogP contribution in [0.3, 0.4) is 0 Å². The summed E-state index contributed by atoms with van der Waals surface area (Å²) in [4.78, 5) is 32.0. The van der Waals surface area contributed by atoms with Crippen LogP contribution in [0.5, 0.6) is 5.75 Å². The normalized spacial score (nSPS) is 15.5. The molecule has 0 aromatic heterocycles. The molecular formula is C28H24BrClN2O4S. The van der Waals surface area contributed by atoms with Crippen molar-refractivity contribution in [3.63, 3.8) is 0 Å². The van der Waals surface area contributed by atoms with Crippen LogP contribution in [0.25, 0.3) is 6.08 Å². The summed E-state index contributed by atoms with van der Waals surface area (Å²) in [6.07, 6.45) is 1.83.